The number of fused-ring (bicyclic) bond motifs is 1. The van der Waals surface area contributed by atoms with Gasteiger partial charge in [-0.3, -0.25) is 4.79 Å². The van der Waals surface area contributed by atoms with E-state index in [1.807, 2.05) is 17.5 Å². The van der Waals surface area contributed by atoms with Crippen molar-refractivity contribution in [3.8, 4) is 10.6 Å². The van der Waals surface area contributed by atoms with Crippen LogP contribution in [-0.2, 0) is 0 Å². The van der Waals surface area contributed by atoms with Gasteiger partial charge in [-0.25, -0.2) is 15.0 Å². The highest BCUT2D eigenvalue weighted by Crippen LogP contribution is 2.22. The highest BCUT2D eigenvalue weighted by atomic mass is 32.1. The molecule has 0 saturated heterocycles. The number of nitrogens with zero attached hydrogens (tertiary/aromatic N) is 3. The molecule has 0 unspecified atom stereocenters. The minimum Gasteiger partial charge on any atom is -0.311 e. The van der Waals surface area contributed by atoms with Gasteiger partial charge in [0.15, 0.2) is 11.2 Å². The highest BCUT2D eigenvalue weighted by Gasteiger charge is 2.06. The molecular weight excluding hydrogens is 224 g/mol. The van der Waals surface area contributed by atoms with E-state index in [1.165, 1.54) is 6.33 Å². The van der Waals surface area contributed by atoms with E-state index in [1.54, 1.807) is 17.5 Å². The quantitative estimate of drug-likeness (QED) is 0.686. The van der Waals surface area contributed by atoms with Gasteiger partial charge in [0.05, 0.1) is 23.1 Å². The smallest absolute Gasteiger partial charge is 0.278 e. The number of hydrogen-bond acceptors (Lipinski definition) is 5. The Morgan fingerprint density at radius 2 is 2.25 bits per heavy atom. The Bertz CT molecular complexity index is 689. The summed E-state index contributed by atoms with van der Waals surface area (Å²) < 4.78 is 0. The zero-order chi connectivity index (χ0) is 11.0. The van der Waals surface area contributed by atoms with Crippen LogP contribution in [0.2, 0.25) is 0 Å². The van der Waals surface area contributed by atoms with Crippen LogP contribution in [0.15, 0.2) is 34.8 Å². The molecule has 0 aliphatic rings. The summed E-state index contributed by atoms with van der Waals surface area (Å²) >= 11 is 1.56. The summed E-state index contributed by atoms with van der Waals surface area (Å²) in [4.78, 5) is 27.3. The molecule has 0 bridgehead atoms. The van der Waals surface area contributed by atoms with Crippen LogP contribution in [0, 0.1) is 0 Å². The second-order valence-corrected chi connectivity index (χ2v) is 4.08. The van der Waals surface area contributed by atoms with Crippen molar-refractivity contribution in [3.63, 3.8) is 0 Å². The van der Waals surface area contributed by atoms with Gasteiger partial charge >= 0.3 is 0 Å². The fraction of sp³-hybridized carbons (Fsp3) is 0. The van der Waals surface area contributed by atoms with Crippen molar-refractivity contribution >= 4 is 22.5 Å². The van der Waals surface area contributed by atoms with Crippen molar-refractivity contribution in [2.24, 2.45) is 0 Å². The molecule has 3 heterocycles. The normalized spacial score (nSPS) is 10.8. The first-order valence-electron chi connectivity index (χ1n) is 4.59. The fourth-order valence-corrected chi connectivity index (χ4v) is 2.07. The standard InChI is InChI=1S/C10H6N4OS/c15-10-8-9(12-5-13-10)11-4-6(14-8)7-2-1-3-16-7/h1-5H,(H,11,12,13,15). The van der Waals surface area contributed by atoms with Gasteiger partial charge in [-0.1, -0.05) is 6.07 Å². The molecule has 0 aliphatic carbocycles. The maximum Gasteiger partial charge on any atom is 0.278 e. The van der Waals surface area contributed by atoms with E-state index in [0.29, 0.717) is 11.3 Å². The summed E-state index contributed by atoms with van der Waals surface area (Å²) in [7, 11) is 0. The molecule has 0 saturated carbocycles. The number of aromatic amines is 1. The van der Waals surface area contributed by atoms with Crippen LogP contribution in [-0.4, -0.2) is 19.9 Å². The van der Waals surface area contributed by atoms with E-state index in [4.69, 9.17) is 0 Å². The Balaban J connectivity index is 2.31. The number of thiophene rings is 1. The Labute approximate surface area is 93.9 Å². The lowest BCUT2D eigenvalue weighted by Crippen LogP contribution is -2.09. The van der Waals surface area contributed by atoms with Gasteiger partial charge in [0.2, 0.25) is 0 Å². The van der Waals surface area contributed by atoms with Crippen molar-refractivity contribution in [1.82, 2.24) is 19.9 Å². The first-order valence-corrected chi connectivity index (χ1v) is 5.47. The molecule has 0 amide bonds. The van der Waals surface area contributed by atoms with Crippen LogP contribution in [0.3, 0.4) is 0 Å². The molecule has 0 aromatic carbocycles. The van der Waals surface area contributed by atoms with Crippen LogP contribution in [0.1, 0.15) is 0 Å². The number of nitrogens with one attached hydrogen (secondary N) is 1. The molecule has 16 heavy (non-hydrogen) atoms. The summed E-state index contributed by atoms with van der Waals surface area (Å²) in [5.41, 5.74) is 1.06. The number of rotatable bonds is 1. The van der Waals surface area contributed by atoms with E-state index in [9.17, 15) is 4.79 Å². The Morgan fingerprint density at radius 3 is 3.06 bits per heavy atom. The van der Waals surface area contributed by atoms with Crippen molar-refractivity contribution in [1.29, 1.82) is 0 Å². The first kappa shape index (κ1) is 9.17. The van der Waals surface area contributed by atoms with Crippen molar-refractivity contribution in [3.05, 3.63) is 40.4 Å². The summed E-state index contributed by atoms with van der Waals surface area (Å²) in [6, 6.07) is 3.87. The molecule has 1 N–H and O–H groups in total. The maximum absolute atomic E-state index is 11.5. The number of hydrogen-bond donors (Lipinski definition) is 1. The van der Waals surface area contributed by atoms with Gasteiger partial charge in [-0.05, 0) is 11.4 Å². The van der Waals surface area contributed by atoms with Crippen molar-refractivity contribution in [2.75, 3.05) is 0 Å². The third-order valence-electron chi connectivity index (χ3n) is 2.12. The molecular formula is C10H6N4OS. The topological polar surface area (TPSA) is 71.5 Å². The van der Waals surface area contributed by atoms with Crippen molar-refractivity contribution < 1.29 is 0 Å². The van der Waals surface area contributed by atoms with Gasteiger partial charge in [-0.2, -0.15) is 0 Å². The first-order chi connectivity index (χ1) is 7.84. The third kappa shape index (κ3) is 1.40. The average molecular weight is 230 g/mol. The highest BCUT2D eigenvalue weighted by molar-refractivity contribution is 7.13. The van der Waals surface area contributed by atoms with Crippen LogP contribution >= 0.6 is 11.3 Å². The summed E-state index contributed by atoms with van der Waals surface area (Å²) in [6.45, 7) is 0. The van der Waals surface area contributed by atoms with E-state index >= 15 is 0 Å². The molecule has 78 valence electrons. The van der Waals surface area contributed by atoms with E-state index in [0.717, 1.165) is 4.88 Å². The van der Waals surface area contributed by atoms with Gasteiger partial charge in [0.25, 0.3) is 5.56 Å². The summed E-state index contributed by atoms with van der Waals surface area (Å²) in [5.74, 6) is 0. The zero-order valence-electron chi connectivity index (χ0n) is 8.04. The summed E-state index contributed by atoms with van der Waals surface area (Å²) in [5, 5.41) is 1.95. The predicted molar refractivity (Wildman–Crippen MR) is 61.3 cm³/mol. The minimum atomic E-state index is -0.268. The lowest BCUT2D eigenvalue weighted by molar-refractivity contribution is 1.11. The van der Waals surface area contributed by atoms with Gasteiger partial charge < -0.3 is 4.98 Å². The molecule has 6 heteroatoms. The third-order valence-corrected chi connectivity index (χ3v) is 3.02. The molecule has 3 aromatic rings. The Morgan fingerprint density at radius 1 is 1.31 bits per heavy atom. The van der Waals surface area contributed by atoms with Crippen LogP contribution in [0.5, 0.6) is 0 Å². The van der Waals surface area contributed by atoms with E-state index < -0.39 is 0 Å². The second kappa shape index (κ2) is 3.49. The molecule has 0 fully saturated rings. The maximum atomic E-state index is 11.5. The molecule has 0 radical (unpaired) electrons. The van der Waals surface area contributed by atoms with Crippen LogP contribution in [0.25, 0.3) is 21.7 Å². The van der Waals surface area contributed by atoms with E-state index in [2.05, 4.69) is 19.9 Å². The van der Waals surface area contributed by atoms with Crippen LogP contribution in [0.4, 0.5) is 0 Å². The Hall–Kier alpha value is -2.08. The van der Waals surface area contributed by atoms with Crippen molar-refractivity contribution in [2.45, 2.75) is 0 Å². The predicted octanol–water partition coefficient (Wildman–Crippen LogP) is 1.44. The molecule has 3 rings (SSSR count). The van der Waals surface area contributed by atoms with E-state index in [-0.39, 0.29) is 11.1 Å². The monoisotopic (exact) mass is 230 g/mol. The molecule has 0 aliphatic heterocycles. The van der Waals surface area contributed by atoms with Crippen LogP contribution < -0.4 is 5.56 Å². The van der Waals surface area contributed by atoms with Gasteiger partial charge in [0.1, 0.15) is 0 Å². The lowest BCUT2D eigenvalue weighted by Gasteiger charge is -1.97. The second-order valence-electron chi connectivity index (χ2n) is 3.14. The minimum absolute atomic E-state index is 0.268. The number of aromatic nitrogens is 4. The molecule has 3 aromatic heterocycles. The largest absolute Gasteiger partial charge is 0.311 e. The average Bonchev–Trinajstić information content (AvgIpc) is 2.83. The van der Waals surface area contributed by atoms with Gasteiger partial charge in [-0.15, -0.1) is 11.3 Å². The molecule has 0 spiro atoms. The molecule has 5 nitrogen and oxygen atoms in total. The SMILES string of the molecule is O=c1[nH]cnc2ncc(-c3cccs3)nc12. The Kier molecular flexibility index (Phi) is 2.00. The van der Waals surface area contributed by atoms with Gasteiger partial charge in [0, 0.05) is 0 Å². The molecule has 0 atom stereocenters. The lowest BCUT2D eigenvalue weighted by atomic mass is 10.3. The number of H-pyrrole nitrogens is 1. The zero-order valence-corrected chi connectivity index (χ0v) is 8.86. The summed E-state index contributed by atoms with van der Waals surface area (Å²) in [6.07, 6.45) is 2.95. The fourth-order valence-electron chi connectivity index (χ4n) is 1.39.